The van der Waals surface area contributed by atoms with E-state index >= 15 is 0 Å². The molecule has 1 fully saturated rings. The van der Waals surface area contributed by atoms with Crippen LogP contribution in [0.2, 0.25) is 5.02 Å². The molecule has 0 saturated carbocycles. The third-order valence-electron chi connectivity index (χ3n) is 5.23. The van der Waals surface area contributed by atoms with Gasteiger partial charge in [-0.1, -0.05) is 41.9 Å². The van der Waals surface area contributed by atoms with Crippen LogP contribution in [0, 0.1) is 5.82 Å². The number of aliphatic hydroxyl groups is 1. The molecular weight excluding hydrogens is 546 g/mol. The average Bonchev–Trinajstić information content (AvgIpc) is 2.79. The molecule has 0 bridgehead atoms. The Hall–Kier alpha value is -1.46. The van der Waals surface area contributed by atoms with Crippen molar-refractivity contribution in [2.45, 2.75) is 19.1 Å². The second-order valence-electron chi connectivity index (χ2n) is 7.35. The number of benzene rings is 2. The zero-order chi connectivity index (χ0) is 22.1. The van der Waals surface area contributed by atoms with Gasteiger partial charge in [-0.15, -0.1) is 24.0 Å². The van der Waals surface area contributed by atoms with Crippen molar-refractivity contribution in [1.29, 1.82) is 0 Å². The van der Waals surface area contributed by atoms with Gasteiger partial charge in [0.15, 0.2) is 5.96 Å². The lowest BCUT2D eigenvalue weighted by molar-refractivity contribution is 0.0179. The third-order valence-corrected chi connectivity index (χ3v) is 5.58. The molecule has 1 heterocycles. The minimum atomic E-state index is -0.760. The summed E-state index contributed by atoms with van der Waals surface area (Å²) in [4.78, 5) is 7.06. The molecule has 0 spiro atoms. The first-order chi connectivity index (χ1) is 15.1. The molecular formula is C23H31ClFIN4O2. The van der Waals surface area contributed by atoms with Gasteiger partial charge in [-0.25, -0.2) is 4.39 Å². The van der Waals surface area contributed by atoms with Crippen molar-refractivity contribution < 1.29 is 14.2 Å². The van der Waals surface area contributed by atoms with Crippen molar-refractivity contribution in [2.75, 3.05) is 45.9 Å². The fourth-order valence-corrected chi connectivity index (χ4v) is 3.84. The second kappa shape index (κ2) is 13.9. The number of rotatable bonds is 8. The highest BCUT2D eigenvalue weighted by Crippen LogP contribution is 2.23. The van der Waals surface area contributed by atoms with Crippen LogP contribution in [-0.4, -0.2) is 61.9 Å². The van der Waals surface area contributed by atoms with E-state index in [1.807, 2.05) is 37.3 Å². The van der Waals surface area contributed by atoms with Crippen molar-refractivity contribution in [3.05, 3.63) is 70.5 Å². The van der Waals surface area contributed by atoms with Crippen molar-refractivity contribution in [1.82, 2.24) is 15.5 Å². The lowest BCUT2D eigenvalue weighted by Crippen LogP contribution is -2.42. The quantitative estimate of drug-likeness (QED) is 0.254. The van der Waals surface area contributed by atoms with Gasteiger partial charge in [0, 0.05) is 36.8 Å². The summed E-state index contributed by atoms with van der Waals surface area (Å²) < 4.78 is 18.9. The predicted octanol–water partition coefficient (Wildman–Crippen LogP) is 3.76. The number of nitrogens with one attached hydrogen (secondary N) is 2. The summed E-state index contributed by atoms with van der Waals surface area (Å²) in [6.45, 7) is 6.37. The van der Waals surface area contributed by atoms with E-state index in [4.69, 9.17) is 21.3 Å². The Balaban J connectivity index is 0.00000363. The topological polar surface area (TPSA) is 69.1 Å². The number of aliphatic imine (C=N–C) groups is 1. The van der Waals surface area contributed by atoms with E-state index in [1.54, 1.807) is 6.07 Å². The van der Waals surface area contributed by atoms with Crippen LogP contribution < -0.4 is 10.6 Å². The van der Waals surface area contributed by atoms with Crippen molar-refractivity contribution in [2.24, 2.45) is 4.99 Å². The smallest absolute Gasteiger partial charge is 0.191 e. The molecule has 2 aromatic rings. The molecule has 3 N–H and O–H groups in total. The first kappa shape index (κ1) is 26.8. The Morgan fingerprint density at radius 3 is 2.50 bits per heavy atom. The van der Waals surface area contributed by atoms with Crippen LogP contribution >= 0.6 is 35.6 Å². The first-order valence-corrected chi connectivity index (χ1v) is 11.0. The number of nitrogens with zero attached hydrogens (tertiary/aromatic N) is 2. The molecule has 176 valence electrons. The summed E-state index contributed by atoms with van der Waals surface area (Å²) in [5, 5.41) is 17.5. The summed E-state index contributed by atoms with van der Waals surface area (Å²) in [5.41, 5.74) is 1.68. The fourth-order valence-electron chi connectivity index (χ4n) is 3.57. The fraction of sp³-hybridized carbons (Fsp3) is 0.435. The van der Waals surface area contributed by atoms with Gasteiger partial charge < -0.3 is 20.5 Å². The lowest BCUT2D eigenvalue weighted by Gasteiger charge is -2.34. The molecule has 0 radical (unpaired) electrons. The van der Waals surface area contributed by atoms with E-state index < -0.39 is 6.10 Å². The van der Waals surface area contributed by atoms with Gasteiger partial charge in [0.1, 0.15) is 5.82 Å². The van der Waals surface area contributed by atoms with E-state index in [-0.39, 0.29) is 42.4 Å². The maximum absolute atomic E-state index is 13.4. The number of hydrogen-bond acceptors (Lipinski definition) is 4. The average molecular weight is 577 g/mol. The summed E-state index contributed by atoms with van der Waals surface area (Å²) >= 11 is 6.19. The van der Waals surface area contributed by atoms with E-state index in [2.05, 4.69) is 15.5 Å². The summed E-state index contributed by atoms with van der Waals surface area (Å²) in [5.74, 6) is 0.352. The largest absolute Gasteiger partial charge is 0.387 e. The molecule has 0 aromatic heterocycles. The Kier molecular flexibility index (Phi) is 11.7. The summed E-state index contributed by atoms with van der Waals surface area (Å²) in [6.07, 6.45) is -0.760. The Morgan fingerprint density at radius 1 is 1.16 bits per heavy atom. The highest BCUT2D eigenvalue weighted by Gasteiger charge is 2.23. The normalized spacial score (nSPS) is 16.7. The van der Waals surface area contributed by atoms with Crippen LogP contribution in [0.1, 0.15) is 30.2 Å². The van der Waals surface area contributed by atoms with Gasteiger partial charge in [-0.3, -0.25) is 9.89 Å². The van der Waals surface area contributed by atoms with Gasteiger partial charge in [0.25, 0.3) is 0 Å². The minimum Gasteiger partial charge on any atom is -0.387 e. The van der Waals surface area contributed by atoms with Gasteiger partial charge in [-0.05, 0) is 30.7 Å². The van der Waals surface area contributed by atoms with E-state index in [0.717, 1.165) is 18.7 Å². The Bertz CT molecular complexity index is 850. The highest BCUT2D eigenvalue weighted by molar-refractivity contribution is 14.0. The Morgan fingerprint density at radius 2 is 1.84 bits per heavy atom. The minimum absolute atomic E-state index is 0. The number of aliphatic hydroxyl groups excluding tert-OH is 1. The van der Waals surface area contributed by atoms with Crippen LogP contribution in [0.25, 0.3) is 0 Å². The molecule has 1 aliphatic heterocycles. The van der Waals surface area contributed by atoms with Gasteiger partial charge in [-0.2, -0.15) is 0 Å². The monoisotopic (exact) mass is 576 g/mol. The van der Waals surface area contributed by atoms with Crippen molar-refractivity contribution in [3.63, 3.8) is 0 Å². The standard InChI is InChI=1S/C23H30ClFN4O2.HI/c1-2-26-23(28-16-22(30)19-5-3-4-6-20(19)24)27-15-21(29-11-13-31-14-12-29)17-7-9-18(25)10-8-17;/h3-10,21-22,30H,2,11-16H2,1H3,(H2,26,27,28);1H. The van der Waals surface area contributed by atoms with Crippen LogP contribution in [0.5, 0.6) is 0 Å². The van der Waals surface area contributed by atoms with Gasteiger partial charge in [0.05, 0.1) is 31.9 Å². The van der Waals surface area contributed by atoms with Gasteiger partial charge >= 0.3 is 0 Å². The molecule has 6 nitrogen and oxygen atoms in total. The Labute approximate surface area is 211 Å². The number of halogens is 3. The lowest BCUT2D eigenvalue weighted by atomic mass is 10.0. The molecule has 1 aliphatic rings. The van der Waals surface area contributed by atoms with Gasteiger partial charge in [0.2, 0.25) is 0 Å². The second-order valence-corrected chi connectivity index (χ2v) is 7.76. The summed E-state index contributed by atoms with van der Waals surface area (Å²) in [7, 11) is 0. The maximum atomic E-state index is 13.4. The molecule has 1 saturated heterocycles. The molecule has 0 amide bonds. The number of guanidine groups is 1. The molecule has 9 heteroatoms. The third kappa shape index (κ3) is 7.84. The summed E-state index contributed by atoms with van der Waals surface area (Å²) in [6, 6.07) is 13.8. The van der Waals surface area contributed by atoms with E-state index in [0.29, 0.717) is 42.8 Å². The van der Waals surface area contributed by atoms with Crippen molar-refractivity contribution >= 4 is 41.5 Å². The number of hydrogen-bond donors (Lipinski definition) is 3. The zero-order valence-corrected chi connectivity index (χ0v) is 21.2. The van der Waals surface area contributed by atoms with Crippen LogP contribution in [0.4, 0.5) is 4.39 Å². The molecule has 0 aliphatic carbocycles. The van der Waals surface area contributed by atoms with Crippen LogP contribution in [-0.2, 0) is 4.74 Å². The maximum Gasteiger partial charge on any atom is 0.191 e. The van der Waals surface area contributed by atoms with E-state index in [1.165, 1.54) is 12.1 Å². The molecule has 2 atom stereocenters. The SMILES string of the molecule is CCNC(=NCC(c1ccc(F)cc1)N1CCOCC1)NCC(O)c1ccccc1Cl.I. The zero-order valence-electron chi connectivity index (χ0n) is 18.1. The first-order valence-electron chi connectivity index (χ1n) is 10.6. The van der Waals surface area contributed by atoms with Crippen molar-refractivity contribution in [3.8, 4) is 0 Å². The molecule has 3 rings (SSSR count). The number of ether oxygens (including phenoxy) is 1. The highest BCUT2D eigenvalue weighted by atomic mass is 127. The predicted molar refractivity (Wildman–Crippen MR) is 137 cm³/mol. The molecule has 32 heavy (non-hydrogen) atoms. The molecule has 2 aromatic carbocycles. The van der Waals surface area contributed by atoms with Crippen LogP contribution in [0.3, 0.4) is 0 Å². The van der Waals surface area contributed by atoms with E-state index in [9.17, 15) is 9.50 Å². The number of morpholine rings is 1. The molecule has 2 unspecified atom stereocenters. The van der Waals surface area contributed by atoms with Crippen LogP contribution in [0.15, 0.2) is 53.5 Å².